The van der Waals surface area contributed by atoms with Crippen molar-refractivity contribution in [2.24, 2.45) is 0 Å². The number of aromatic nitrogens is 4. The molecule has 0 aliphatic rings. The number of nitrogens with zero attached hydrogens (tertiary/aromatic N) is 5. The topological polar surface area (TPSA) is 96.5 Å². The molecule has 11 heteroatoms. The fraction of sp³-hybridized carbons (Fsp3) is 0.211. The number of amides is 1. The second-order valence-corrected chi connectivity index (χ2v) is 6.23. The van der Waals surface area contributed by atoms with E-state index in [-0.39, 0.29) is 11.4 Å². The average molecular weight is 418 g/mol. The minimum Gasteiger partial charge on any atom is -0.342 e. The zero-order valence-electron chi connectivity index (χ0n) is 15.4. The minimum absolute atomic E-state index is 0.264. The molecule has 0 saturated carbocycles. The molecule has 2 aromatic heterocycles. The van der Waals surface area contributed by atoms with E-state index in [4.69, 9.17) is 5.26 Å². The van der Waals surface area contributed by atoms with Crippen LogP contribution in [0, 0.1) is 11.3 Å². The quantitative estimate of drug-likeness (QED) is 0.613. The summed E-state index contributed by atoms with van der Waals surface area (Å²) in [5.74, 6) is -0.226. The van der Waals surface area contributed by atoms with E-state index in [2.05, 4.69) is 20.4 Å². The molecule has 0 radical (unpaired) electrons. The molecule has 0 unspecified atom stereocenters. The van der Waals surface area contributed by atoms with E-state index < -0.39 is 35.9 Å². The Labute approximate surface area is 168 Å². The molecular formula is C19H14F4N6O. The molecule has 3 aromatic rings. The van der Waals surface area contributed by atoms with Crippen LogP contribution in [0.2, 0.25) is 0 Å². The fourth-order valence-electron chi connectivity index (χ4n) is 2.70. The van der Waals surface area contributed by atoms with Crippen molar-refractivity contribution in [3.05, 3.63) is 70.9 Å². The summed E-state index contributed by atoms with van der Waals surface area (Å²) in [5.41, 5.74) is -1.32. The summed E-state index contributed by atoms with van der Waals surface area (Å²) in [6.45, 7) is 1.56. The van der Waals surface area contributed by atoms with Gasteiger partial charge in [0.1, 0.15) is 12.4 Å². The first-order chi connectivity index (χ1) is 14.3. The van der Waals surface area contributed by atoms with Crippen molar-refractivity contribution in [1.82, 2.24) is 25.1 Å². The third-order valence-corrected chi connectivity index (χ3v) is 4.15. The number of nitriles is 1. The number of hydrogen-bond donors (Lipinski definition) is 1. The highest BCUT2D eigenvalue weighted by atomic mass is 19.3. The zero-order chi connectivity index (χ0) is 21.8. The summed E-state index contributed by atoms with van der Waals surface area (Å²) in [4.78, 5) is 20.7. The smallest absolute Gasteiger partial charge is 0.263 e. The van der Waals surface area contributed by atoms with Gasteiger partial charge in [-0.05, 0) is 37.3 Å². The van der Waals surface area contributed by atoms with Gasteiger partial charge in [0.25, 0.3) is 18.8 Å². The SMILES string of the molecule is C[C@H](NC(=O)c1cc(C(F)F)cc(C(F)F)c1)c1ncnn1-c1ccc(C#N)cn1. The van der Waals surface area contributed by atoms with Gasteiger partial charge in [-0.2, -0.15) is 15.0 Å². The van der Waals surface area contributed by atoms with Crippen LogP contribution in [0.1, 0.15) is 58.7 Å². The van der Waals surface area contributed by atoms with E-state index in [9.17, 15) is 22.4 Å². The van der Waals surface area contributed by atoms with Gasteiger partial charge in [0.2, 0.25) is 0 Å². The average Bonchev–Trinajstić information content (AvgIpc) is 3.23. The third-order valence-electron chi connectivity index (χ3n) is 4.15. The summed E-state index contributed by atoms with van der Waals surface area (Å²) in [6.07, 6.45) is -3.44. The van der Waals surface area contributed by atoms with E-state index in [1.807, 2.05) is 6.07 Å². The summed E-state index contributed by atoms with van der Waals surface area (Å²) in [5, 5.41) is 15.4. The molecule has 7 nitrogen and oxygen atoms in total. The van der Waals surface area contributed by atoms with E-state index >= 15 is 0 Å². The van der Waals surface area contributed by atoms with Gasteiger partial charge in [-0.3, -0.25) is 4.79 Å². The Bertz CT molecular complexity index is 1060. The Balaban J connectivity index is 1.85. The second kappa shape index (κ2) is 8.69. The zero-order valence-corrected chi connectivity index (χ0v) is 15.4. The summed E-state index contributed by atoms with van der Waals surface area (Å²) in [7, 11) is 0. The molecule has 0 spiro atoms. The number of pyridine rings is 1. The molecule has 1 aromatic carbocycles. The highest BCUT2D eigenvalue weighted by Gasteiger charge is 2.21. The summed E-state index contributed by atoms with van der Waals surface area (Å²) < 4.78 is 53.4. The molecule has 0 fully saturated rings. The molecule has 0 aliphatic carbocycles. The van der Waals surface area contributed by atoms with Crippen LogP contribution >= 0.6 is 0 Å². The van der Waals surface area contributed by atoms with Gasteiger partial charge in [0.15, 0.2) is 11.6 Å². The number of rotatable bonds is 6. The van der Waals surface area contributed by atoms with Crippen molar-refractivity contribution in [1.29, 1.82) is 5.26 Å². The molecule has 0 saturated heterocycles. The predicted molar refractivity (Wildman–Crippen MR) is 96.1 cm³/mol. The van der Waals surface area contributed by atoms with Gasteiger partial charge in [0, 0.05) is 22.9 Å². The van der Waals surface area contributed by atoms with E-state index in [1.54, 1.807) is 6.92 Å². The monoisotopic (exact) mass is 418 g/mol. The van der Waals surface area contributed by atoms with Gasteiger partial charge in [-0.1, -0.05) is 0 Å². The molecule has 30 heavy (non-hydrogen) atoms. The van der Waals surface area contributed by atoms with Crippen LogP contribution < -0.4 is 5.32 Å². The molecule has 0 aliphatic heterocycles. The van der Waals surface area contributed by atoms with E-state index in [1.165, 1.54) is 29.3 Å². The lowest BCUT2D eigenvalue weighted by Crippen LogP contribution is -2.29. The standard InChI is InChI=1S/C19H14F4N6O/c1-10(18-26-9-27-29(18)15-3-2-11(7-24)8-25-15)28-19(30)14-5-12(16(20)21)4-13(6-14)17(22)23/h2-6,8-10,16-17H,1H3,(H,28,30)/t10-/m0/s1. The van der Waals surface area contributed by atoms with Gasteiger partial charge in [-0.15, -0.1) is 0 Å². The van der Waals surface area contributed by atoms with Crippen molar-refractivity contribution in [2.45, 2.75) is 25.8 Å². The Morgan fingerprint density at radius 2 is 1.77 bits per heavy atom. The lowest BCUT2D eigenvalue weighted by Gasteiger charge is -2.15. The molecule has 154 valence electrons. The maximum absolute atomic E-state index is 13.0. The summed E-state index contributed by atoms with van der Waals surface area (Å²) >= 11 is 0. The van der Waals surface area contributed by atoms with Crippen molar-refractivity contribution in [3.63, 3.8) is 0 Å². The highest BCUT2D eigenvalue weighted by Crippen LogP contribution is 2.27. The Hall–Kier alpha value is -3.81. The lowest BCUT2D eigenvalue weighted by atomic mass is 10.0. The molecule has 1 atom stereocenters. The van der Waals surface area contributed by atoms with E-state index in [0.29, 0.717) is 17.4 Å². The van der Waals surface area contributed by atoms with Gasteiger partial charge in [-0.25, -0.2) is 27.5 Å². The van der Waals surface area contributed by atoms with Gasteiger partial charge >= 0.3 is 0 Å². The summed E-state index contributed by atoms with van der Waals surface area (Å²) in [6, 6.07) is 6.64. The van der Waals surface area contributed by atoms with Crippen molar-refractivity contribution in [2.75, 3.05) is 0 Å². The predicted octanol–water partition coefficient (Wildman–Crippen LogP) is 3.90. The Kier molecular flexibility index (Phi) is 6.06. The second-order valence-electron chi connectivity index (χ2n) is 6.23. The highest BCUT2D eigenvalue weighted by molar-refractivity contribution is 5.94. The van der Waals surface area contributed by atoms with E-state index in [0.717, 1.165) is 12.1 Å². The molecule has 3 rings (SSSR count). The van der Waals surface area contributed by atoms with Crippen molar-refractivity contribution in [3.8, 4) is 11.9 Å². The lowest BCUT2D eigenvalue weighted by molar-refractivity contribution is 0.0936. The first-order valence-corrected chi connectivity index (χ1v) is 8.58. The van der Waals surface area contributed by atoms with Crippen LogP contribution in [-0.4, -0.2) is 25.7 Å². The maximum Gasteiger partial charge on any atom is 0.263 e. The van der Waals surface area contributed by atoms with Crippen LogP contribution in [0.3, 0.4) is 0 Å². The fourth-order valence-corrected chi connectivity index (χ4v) is 2.70. The molecule has 2 heterocycles. The molecular weight excluding hydrogens is 404 g/mol. The molecule has 1 amide bonds. The van der Waals surface area contributed by atoms with Crippen molar-refractivity contribution < 1.29 is 22.4 Å². The van der Waals surface area contributed by atoms with Crippen LogP contribution in [-0.2, 0) is 0 Å². The Morgan fingerprint density at radius 3 is 2.30 bits per heavy atom. The first-order valence-electron chi connectivity index (χ1n) is 8.58. The van der Waals surface area contributed by atoms with Gasteiger partial charge < -0.3 is 5.32 Å². The first kappa shape index (κ1) is 20.9. The number of alkyl halides is 4. The maximum atomic E-state index is 13.0. The molecule has 1 N–H and O–H groups in total. The van der Waals surface area contributed by atoms with Crippen LogP contribution in [0.5, 0.6) is 0 Å². The van der Waals surface area contributed by atoms with Gasteiger partial charge in [0.05, 0.1) is 11.6 Å². The van der Waals surface area contributed by atoms with Crippen LogP contribution in [0.15, 0.2) is 42.9 Å². The third kappa shape index (κ3) is 4.43. The number of hydrogen-bond acceptors (Lipinski definition) is 5. The number of halogens is 4. The largest absolute Gasteiger partial charge is 0.342 e. The number of carbonyl (C=O) groups is 1. The minimum atomic E-state index is -3.00. The number of benzene rings is 1. The van der Waals surface area contributed by atoms with Crippen molar-refractivity contribution >= 4 is 5.91 Å². The van der Waals surface area contributed by atoms with Crippen LogP contribution in [0.4, 0.5) is 17.6 Å². The number of nitrogens with one attached hydrogen (secondary N) is 1. The Morgan fingerprint density at radius 1 is 1.10 bits per heavy atom. The number of carbonyl (C=O) groups excluding carboxylic acids is 1. The molecule has 0 bridgehead atoms. The van der Waals surface area contributed by atoms with Crippen LogP contribution in [0.25, 0.3) is 5.82 Å². The normalized spacial score (nSPS) is 12.1.